The van der Waals surface area contributed by atoms with E-state index in [1.165, 1.54) is 38.1 Å². The number of H-pyrrole nitrogens is 1. The number of alkyl halides is 5. The summed E-state index contributed by atoms with van der Waals surface area (Å²) in [6.45, 7) is 2.88. The minimum atomic E-state index is -4.94. The molecule has 2 nitrogen and oxygen atoms in total. The van der Waals surface area contributed by atoms with Gasteiger partial charge in [-0.3, -0.25) is 0 Å². The zero-order valence-corrected chi connectivity index (χ0v) is 16.0. The van der Waals surface area contributed by atoms with Gasteiger partial charge < -0.3 is 10.1 Å². The van der Waals surface area contributed by atoms with Gasteiger partial charge in [-0.25, -0.2) is 8.78 Å². The first-order valence-corrected chi connectivity index (χ1v) is 9.16. The van der Waals surface area contributed by atoms with Gasteiger partial charge in [0.05, 0.1) is 0 Å². The number of benzene rings is 2. The predicted molar refractivity (Wildman–Crippen MR) is 102 cm³/mol. The average Bonchev–Trinajstić information content (AvgIpc) is 3.02. The monoisotopic (exact) mass is 411 g/mol. The van der Waals surface area contributed by atoms with E-state index >= 15 is 0 Å². The average molecular weight is 411 g/mol. The first-order chi connectivity index (χ1) is 13.4. The first kappa shape index (κ1) is 21.3. The van der Waals surface area contributed by atoms with Gasteiger partial charge in [-0.15, -0.1) is 0 Å². The Bertz CT molecular complexity index is 959. The van der Waals surface area contributed by atoms with E-state index in [0.717, 1.165) is 5.39 Å². The Morgan fingerprint density at radius 1 is 0.966 bits per heavy atom. The summed E-state index contributed by atoms with van der Waals surface area (Å²) in [6.07, 6.45) is -9.23. The third kappa shape index (κ3) is 4.29. The van der Waals surface area contributed by atoms with E-state index in [1.807, 2.05) is 0 Å². The van der Waals surface area contributed by atoms with Gasteiger partial charge in [0, 0.05) is 23.2 Å². The second-order valence-electron chi connectivity index (χ2n) is 8.04. The summed E-state index contributed by atoms with van der Waals surface area (Å²) in [5.74, 6) is 0. The van der Waals surface area contributed by atoms with E-state index in [1.54, 1.807) is 30.3 Å². The molecule has 3 rings (SSSR count). The molecule has 0 spiro atoms. The molecule has 1 heterocycles. The number of hydrogen-bond acceptors (Lipinski definition) is 1. The molecule has 2 aromatic carbocycles. The van der Waals surface area contributed by atoms with Crippen LogP contribution < -0.4 is 0 Å². The van der Waals surface area contributed by atoms with Crippen molar-refractivity contribution >= 4 is 10.9 Å². The second-order valence-corrected chi connectivity index (χ2v) is 8.04. The van der Waals surface area contributed by atoms with Gasteiger partial charge in [0.1, 0.15) is 0 Å². The lowest BCUT2D eigenvalue weighted by molar-refractivity contribution is -0.266. The van der Waals surface area contributed by atoms with Crippen molar-refractivity contribution in [3.05, 3.63) is 71.4 Å². The molecule has 1 unspecified atom stereocenters. The number of nitrogens with one attached hydrogen (secondary N) is 1. The van der Waals surface area contributed by atoms with Crippen molar-refractivity contribution in [3.8, 4) is 0 Å². The summed E-state index contributed by atoms with van der Waals surface area (Å²) in [6, 6.07) is 14.1. The molecule has 0 fully saturated rings. The molecular weight excluding hydrogens is 389 g/mol. The standard InChI is InChI=1S/C22H22F5NO/c1-20(2,17-9-5-4-8-16(17)19(23)24)13-21(29,22(25,26)27)12-15-11-14-7-3-6-10-18(14)28-15/h3-11,19,28-29H,12-13H2,1-2H3. The summed E-state index contributed by atoms with van der Waals surface area (Å²) in [5, 5.41) is 11.5. The number of aliphatic hydroxyl groups is 1. The van der Waals surface area contributed by atoms with Crippen molar-refractivity contribution in [3.63, 3.8) is 0 Å². The minimum Gasteiger partial charge on any atom is -0.380 e. The normalized spacial score (nSPS) is 15.1. The van der Waals surface area contributed by atoms with Crippen LogP contribution in [0.15, 0.2) is 54.6 Å². The number of rotatable bonds is 6. The maximum atomic E-state index is 13.9. The van der Waals surface area contributed by atoms with Crippen LogP contribution in [0, 0.1) is 0 Å². The first-order valence-electron chi connectivity index (χ1n) is 9.16. The molecule has 0 saturated carbocycles. The summed E-state index contributed by atoms with van der Waals surface area (Å²) in [5.41, 5.74) is -3.78. The lowest BCUT2D eigenvalue weighted by atomic mass is 9.72. The van der Waals surface area contributed by atoms with Crippen molar-refractivity contribution in [2.24, 2.45) is 0 Å². The van der Waals surface area contributed by atoms with Crippen molar-refractivity contribution in [2.45, 2.75) is 50.3 Å². The molecule has 2 N–H and O–H groups in total. The van der Waals surface area contributed by atoms with Crippen LogP contribution in [-0.2, 0) is 11.8 Å². The van der Waals surface area contributed by atoms with E-state index in [4.69, 9.17) is 0 Å². The number of aromatic amines is 1. The Balaban J connectivity index is 1.98. The third-order valence-electron chi connectivity index (χ3n) is 5.26. The number of hydrogen-bond donors (Lipinski definition) is 2. The molecule has 3 aromatic rings. The SMILES string of the molecule is CC(C)(CC(O)(Cc1cc2ccccc2[nH]1)C(F)(F)F)c1ccccc1C(F)F. The largest absolute Gasteiger partial charge is 0.417 e. The molecule has 1 atom stereocenters. The zero-order valence-electron chi connectivity index (χ0n) is 16.0. The van der Waals surface area contributed by atoms with Gasteiger partial charge in [0.2, 0.25) is 0 Å². The van der Waals surface area contributed by atoms with E-state index in [0.29, 0.717) is 5.52 Å². The molecule has 0 saturated heterocycles. The van der Waals surface area contributed by atoms with E-state index in [2.05, 4.69) is 4.98 Å². The Morgan fingerprint density at radius 3 is 2.21 bits per heavy atom. The molecule has 0 radical (unpaired) electrons. The molecular formula is C22H22F5NO. The summed E-state index contributed by atoms with van der Waals surface area (Å²) in [4.78, 5) is 2.90. The molecule has 7 heteroatoms. The van der Waals surface area contributed by atoms with Crippen molar-refractivity contribution in [1.29, 1.82) is 0 Å². The van der Waals surface area contributed by atoms with E-state index < -0.39 is 36.5 Å². The van der Waals surface area contributed by atoms with Crippen molar-refractivity contribution in [1.82, 2.24) is 4.98 Å². The van der Waals surface area contributed by atoms with Gasteiger partial charge >= 0.3 is 6.18 Å². The van der Waals surface area contributed by atoms with Crippen LogP contribution in [0.1, 0.15) is 43.5 Å². The maximum Gasteiger partial charge on any atom is 0.417 e. The lowest BCUT2D eigenvalue weighted by Crippen LogP contribution is -2.51. The maximum absolute atomic E-state index is 13.9. The van der Waals surface area contributed by atoms with E-state index in [9.17, 15) is 27.1 Å². The summed E-state index contributed by atoms with van der Waals surface area (Å²) < 4.78 is 68.6. The number of aromatic nitrogens is 1. The van der Waals surface area contributed by atoms with Crippen LogP contribution >= 0.6 is 0 Å². The third-order valence-corrected chi connectivity index (χ3v) is 5.26. The smallest absolute Gasteiger partial charge is 0.380 e. The molecule has 0 aliphatic rings. The Labute approximate surface area is 165 Å². The molecule has 156 valence electrons. The van der Waals surface area contributed by atoms with Gasteiger partial charge in [-0.05, 0) is 34.9 Å². The van der Waals surface area contributed by atoms with Crippen molar-refractivity contribution in [2.75, 3.05) is 0 Å². The van der Waals surface area contributed by atoms with E-state index in [-0.39, 0.29) is 16.8 Å². The zero-order chi connectivity index (χ0) is 21.4. The molecule has 0 aliphatic heterocycles. The quantitative estimate of drug-likeness (QED) is 0.458. The van der Waals surface area contributed by atoms with Gasteiger partial charge in [-0.2, -0.15) is 13.2 Å². The van der Waals surface area contributed by atoms with Crippen LogP contribution in [0.2, 0.25) is 0 Å². The highest BCUT2D eigenvalue weighted by Crippen LogP contribution is 2.44. The fourth-order valence-electron chi connectivity index (χ4n) is 3.94. The Hall–Kier alpha value is -2.41. The fraction of sp³-hybridized carbons (Fsp3) is 0.364. The van der Waals surface area contributed by atoms with Gasteiger partial charge in [-0.1, -0.05) is 56.3 Å². The lowest BCUT2D eigenvalue weighted by Gasteiger charge is -2.38. The molecule has 0 aliphatic carbocycles. The number of para-hydroxylation sites is 1. The molecule has 1 aromatic heterocycles. The second kappa shape index (κ2) is 7.44. The topological polar surface area (TPSA) is 36.0 Å². The van der Waals surface area contributed by atoms with Crippen molar-refractivity contribution < 1.29 is 27.1 Å². The predicted octanol–water partition coefficient (Wildman–Crippen LogP) is 6.31. The van der Waals surface area contributed by atoms with Crippen LogP contribution in [0.5, 0.6) is 0 Å². The van der Waals surface area contributed by atoms with Crippen LogP contribution in [-0.4, -0.2) is 21.9 Å². The van der Waals surface area contributed by atoms with Crippen LogP contribution in [0.25, 0.3) is 10.9 Å². The Kier molecular flexibility index (Phi) is 5.47. The van der Waals surface area contributed by atoms with Gasteiger partial charge in [0.15, 0.2) is 5.60 Å². The summed E-state index contributed by atoms with van der Waals surface area (Å²) >= 11 is 0. The van der Waals surface area contributed by atoms with Crippen LogP contribution in [0.3, 0.4) is 0 Å². The molecule has 0 bridgehead atoms. The Morgan fingerprint density at radius 2 is 1.59 bits per heavy atom. The van der Waals surface area contributed by atoms with Crippen LogP contribution in [0.4, 0.5) is 22.0 Å². The molecule has 0 amide bonds. The fourth-order valence-corrected chi connectivity index (χ4v) is 3.94. The molecule has 29 heavy (non-hydrogen) atoms. The highest BCUT2D eigenvalue weighted by atomic mass is 19.4. The minimum absolute atomic E-state index is 0.0920. The summed E-state index contributed by atoms with van der Waals surface area (Å²) in [7, 11) is 0. The highest BCUT2D eigenvalue weighted by molar-refractivity contribution is 5.80. The number of halogens is 5. The van der Waals surface area contributed by atoms with Gasteiger partial charge in [0.25, 0.3) is 6.43 Å². The highest BCUT2D eigenvalue weighted by Gasteiger charge is 2.56. The number of fused-ring (bicyclic) bond motifs is 1.